The summed E-state index contributed by atoms with van der Waals surface area (Å²) in [5, 5.41) is 8.97. The van der Waals surface area contributed by atoms with Crippen LogP contribution in [0, 0.1) is 0 Å². The normalized spacial score (nSPS) is 19.5. The van der Waals surface area contributed by atoms with E-state index in [0.29, 0.717) is 11.1 Å². The Morgan fingerprint density at radius 2 is 0.658 bits per heavy atom. The third-order valence-electron chi connectivity index (χ3n) is 7.90. The van der Waals surface area contributed by atoms with Crippen LogP contribution in [0.25, 0.3) is 0 Å². The Balaban J connectivity index is 1.49. The first-order valence-electron chi connectivity index (χ1n) is 15.5. The summed E-state index contributed by atoms with van der Waals surface area (Å²) in [5.74, 6) is -0.465. The number of carbonyl (C=O) groups excluding carboxylic acids is 2. The predicted octanol–water partition coefficient (Wildman–Crippen LogP) is 8.47. The van der Waals surface area contributed by atoms with Gasteiger partial charge in [-0.25, -0.2) is 10.9 Å². The van der Waals surface area contributed by atoms with Gasteiger partial charge in [-0.1, -0.05) is 89.9 Å². The van der Waals surface area contributed by atoms with Crippen molar-refractivity contribution in [3.8, 4) is 0 Å². The van der Waals surface area contributed by atoms with Gasteiger partial charge in [0.2, 0.25) is 0 Å². The van der Waals surface area contributed by atoms with Crippen LogP contribution in [0.3, 0.4) is 0 Å². The lowest BCUT2D eigenvalue weighted by molar-refractivity contribution is 0.0943. The van der Waals surface area contributed by atoms with Gasteiger partial charge in [-0.15, -0.1) is 0 Å². The molecular formula is C32H50N4O2. The van der Waals surface area contributed by atoms with Crippen molar-refractivity contribution >= 4 is 23.2 Å². The Labute approximate surface area is 230 Å². The second kappa shape index (κ2) is 18.7. The van der Waals surface area contributed by atoms with Gasteiger partial charge in [0, 0.05) is 22.6 Å². The molecule has 1 aromatic carbocycles. The van der Waals surface area contributed by atoms with Gasteiger partial charge in [0.05, 0.1) is 0 Å². The van der Waals surface area contributed by atoms with Crippen LogP contribution in [0.1, 0.15) is 162 Å². The third-order valence-corrected chi connectivity index (χ3v) is 7.90. The highest BCUT2D eigenvalue weighted by Crippen LogP contribution is 2.17. The molecule has 2 saturated carbocycles. The molecule has 2 aliphatic rings. The summed E-state index contributed by atoms with van der Waals surface area (Å²) in [6.07, 6.45) is 26.6. The molecule has 0 saturated heterocycles. The molecule has 0 radical (unpaired) electrons. The largest absolute Gasteiger partial charge is 0.271 e. The minimum atomic E-state index is -0.232. The van der Waals surface area contributed by atoms with Crippen LogP contribution in [-0.4, -0.2) is 23.2 Å². The maximum Gasteiger partial charge on any atom is 0.271 e. The van der Waals surface area contributed by atoms with Gasteiger partial charge in [-0.3, -0.25) is 9.59 Å². The van der Waals surface area contributed by atoms with Crippen molar-refractivity contribution in [1.82, 2.24) is 10.9 Å². The molecule has 0 bridgehead atoms. The molecule has 2 fully saturated rings. The SMILES string of the molecule is O=C(NN=C1CCCCCCCCCCC1)c1ccc(C(=O)NN=C2CCCCCCCCCCC2)cc1. The van der Waals surface area contributed by atoms with Gasteiger partial charge in [0.1, 0.15) is 0 Å². The van der Waals surface area contributed by atoms with Crippen LogP contribution in [0.4, 0.5) is 0 Å². The van der Waals surface area contributed by atoms with Gasteiger partial charge in [-0.05, 0) is 75.6 Å². The van der Waals surface area contributed by atoms with Crippen LogP contribution < -0.4 is 10.9 Å². The summed E-state index contributed by atoms with van der Waals surface area (Å²) in [6.45, 7) is 0. The van der Waals surface area contributed by atoms with Crippen molar-refractivity contribution in [3.05, 3.63) is 35.4 Å². The highest BCUT2D eigenvalue weighted by atomic mass is 16.2. The number of nitrogens with one attached hydrogen (secondary N) is 2. The Bertz CT molecular complexity index is 790. The van der Waals surface area contributed by atoms with E-state index in [0.717, 1.165) is 62.8 Å². The fourth-order valence-electron chi connectivity index (χ4n) is 5.43. The maximum absolute atomic E-state index is 12.7. The number of hydrogen-bond acceptors (Lipinski definition) is 4. The third kappa shape index (κ3) is 12.4. The zero-order valence-corrected chi connectivity index (χ0v) is 23.6. The Morgan fingerprint density at radius 1 is 0.421 bits per heavy atom. The van der Waals surface area contributed by atoms with Crippen molar-refractivity contribution < 1.29 is 9.59 Å². The first-order chi connectivity index (χ1) is 18.7. The van der Waals surface area contributed by atoms with Crippen molar-refractivity contribution in [2.45, 2.75) is 141 Å². The van der Waals surface area contributed by atoms with E-state index >= 15 is 0 Å². The lowest BCUT2D eigenvalue weighted by Crippen LogP contribution is -2.21. The number of amides is 2. The van der Waals surface area contributed by atoms with E-state index in [9.17, 15) is 9.59 Å². The van der Waals surface area contributed by atoms with Crippen molar-refractivity contribution in [1.29, 1.82) is 0 Å². The van der Waals surface area contributed by atoms with E-state index in [-0.39, 0.29) is 11.8 Å². The predicted molar refractivity (Wildman–Crippen MR) is 158 cm³/mol. The van der Waals surface area contributed by atoms with Crippen LogP contribution in [0.5, 0.6) is 0 Å². The molecule has 2 amide bonds. The van der Waals surface area contributed by atoms with Crippen LogP contribution >= 0.6 is 0 Å². The first-order valence-corrected chi connectivity index (χ1v) is 15.5. The molecule has 2 aliphatic carbocycles. The minimum Gasteiger partial charge on any atom is -0.267 e. The van der Waals surface area contributed by atoms with Crippen molar-refractivity contribution in [2.75, 3.05) is 0 Å². The molecule has 0 heterocycles. The molecule has 0 aromatic heterocycles. The molecule has 3 rings (SSSR count). The lowest BCUT2D eigenvalue weighted by atomic mass is 10.00. The highest BCUT2D eigenvalue weighted by molar-refractivity contribution is 5.98. The molecule has 0 unspecified atom stereocenters. The Hall–Kier alpha value is -2.50. The summed E-state index contributed by atoms with van der Waals surface area (Å²) in [6, 6.07) is 6.76. The standard InChI is InChI=1S/C32H50N4O2/c37-31(35-33-29-19-15-11-7-3-1-4-8-12-16-20-29)27-23-25-28(26-24-27)32(38)36-34-30-21-17-13-9-5-2-6-10-14-18-22-30/h23-26H,1-22H2,(H,35,37)(H,36,38). The van der Waals surface area contributed by atoms with E-state index in [1.165, 1.54) is 89.9 Å². The van der Waals surface area contributed by atoms with E-state index in [1.807, 2.05) is 0 Å². The zero-order chi connectivity index (χ0) is 26.7. The van der Waals surface area contributed by atoms with Crippen LogP contribution in [-0.2, 0) is 0 Å². The molecule has 2 N–H and O–H groups in total. The molecular weight excluding hydrogens is 472 g/mol. The van der Waals surface area contributed by atoms with Crippen LogP contribution in [0.2, 0.25) is 0 Å². The first kappa shape index (κ1) is 30.0. The van der Waals surface area contributed by atoms with Gasteiger partial charge < -0.3 is 0 Å². The minimum absolute atomic E-state index is 0.232. The van der Waals surface area contributed by atoms with Gasteiger partial charge >= 0.3 is 0 Å². The second-order valence-corrected chi connectivity index (χ2v) is 11.2. The van der Waals surface area contributed by atoms with Crippen molar-refractivity contribution in [3.63, 3.8) is 0 Å². The molecule has 0 spiro atoms. The van der Waals surface area contributed by atoms with Gasteiger partial charge in [-0.2, -0.15) is 10.2 Å². The molecule has 6 nitrogen and oxygen atoms in total. The van der Waals surface area contributed by atoms with Crippen molar-refractivity contribution in [2.24, 2.45) is 10.2 Å². The average Bonchev–Trinajstić information content (AvgIpc) is 2.92. The molecule has 6 heteroatoms. The second-order valence-electron chi connectivity index (χ2n) is 11.2. The van der Waals surface area contributed by atoms with E-state index in [4.69, 9.17) is 0 Å². The Kier molecular flexibility index (Phi) is 14.8. The van der Waals surface area contributed by atoms with E-state index in [1.54, 1.807) is 24.3 Å². The average molecular weight is 523 g/mol. The van der Waals surface area contributed by atoms with Crippen LogP contribution in [0.15, 0.2) is 34.5 Å². The number of benzene rings is 1. The molecule has 0 aliphatic heterocycles. The fourth-order valence-corrected chi connectivity index (χ4v) is 5.43. The summed E-state index contributed by atoms with van der Waals surface area (Å²) >= 11 is 0. The van der Waals surface area contributed by atoms with E-state index < -0.39 is 0 Å². The van der Waals surface area contributed by atoms with Gasteiger partial charge in [0.15, 0.2) is 0 Å². The monoisotopic (exact) mass is 522 g/mol. The number of carbonyl (C=O) groups is 2. The fraction of sp³-hybridized carbons (Fsp3) is 0.688. The highest BCUT2D eigenvalue weighted by Gasteiger charge is 2.11. The summed E-state index contributed by atoms with van der Waals surface area (Å²) < 4.78 is 0. The lowest BCUT2D eigenvalue weighted by Gasteiger charge is -2.10. The number of rotatable bonds is 4. The molecule has 1 aromatic rings. The number of nitrogens with zero attached hydrogens (tertiary/aromatic N) is 2. The zero-order valence-electron chi connectivity index (χ0n) is 23.6. The quantitative estimate of drug-likeness (QED) is 0.389. The van der Waals surface area contributed by atoms with E-state index in [2.05, 4.69) is 21.1 Å². The maximum atomic E-state index is 12.7. The summed E-state index contributed by atoms with van der Waals surface area (Å²) in [5.41, 5.74) is 8.71. The summed E-state index contributed by atoms with van der Waals surface area (Å²) in [4.78, 5) is 25.4. The topological polar surface area (TPSA) is 82.9 Å². The molecule has 210 valence electrons. The summed E-state index contributed by atoms with van der Waals surface area (Å²) in [7, 11) is 0. The Morgan fingerprint density at radius 3 is 0.921 bits per heavy atom. The number of hydrazone groups is 2. The molecule has 38 heavy (non-hydrogen) atoms. The number of hydrogen-bond donors (Lipinski definition) is 2. The van der Waals surface area contributed by atoms with Gasteiger partial charge in [0.25, 0.3) is 11.8 Å². The smallest absolute Gasteiger partial charge is 0.267 e. The molecule has 0 atom stereocenters.